The molecule has 1 saturated carbocycles. The summed E-state index contributed by atoms with van der Waals surface area (Å²) in [5, 5.41) is 3.16. The van der Waals surface area contributed by atoms with E-state index in [0.29, 0.717) is 30.8 Å². The Morgan fingerprint density at radius 2 is 1.92 bits per heavy atom. The van der Waals surface area contributed by atoms with Crippen LogP contribution >= 0.6 is 12.4 Å². The number of carbonyl (C=O) groups is 2. The molecular formula is C19H35ClN4O2. The summed E-state index contributed by atoms with van der Waals surface area (Å²) in [5.41, 5.74) is 5.62. The molecule has 0 spiro atoms. The van der Waals surface area contributed by atoms with Crippen molar-refractivity contribution in [1.29, 1.82) is 0 Å². The second-order valence-electron chi connectivity index (χ2n) is 8.02. The van der Waals surface area contributed by atoms with E-state index in [1.54, 1.807) is 0 Å². The first-order valence-electron chi connectivity index (χ1n) is 10.2. The van der Waals surface area contributed by atoms with E-state index in [9.17, 15) is 9.59 Å². The molecule has 2 saturated heterocycles. The van der Waals surface area contributed by atoms with E-state index in [-0.39, 0.29) is 24.3 Å². The Labute approximate surface area is 163 Å². The van der Waals surface area contributed by atoms with E-state index in [2.05, 4.69) is 5.32 Å². The van der Waals surface area contributed by atoms with Crippen molar-refractivity contribution in [2.75, 3.05) is 32.7 Å². The van der Waals surface area contributed by atoms with Gasteiger partial charge in [0.1, 0.15) is 0 Å². The van der Waals surface area contributed by atoms with Gasteiger partial charge in [0.05, 0.1) is 0 Å². The highest BCUT2D eigenvalue weighted by atomic mass is 35.5. The fraction of sp³-hybridized carbons (Fsp3) is 0.895. The summed E-state index contributed by atoms with van der Waals surface area (Å²) in [5.74, 6) is 1.35. The van der Waals surface area contributed by atoms with Crippen molar-refractivity contribution in [3.8, 4) is 0 Å². The van der Waals surface area contributed by atoms with Gasteiger partial charge in [-0.2, -0.15) is 0 Å². The highest BCUT2D eigenvalue weighted by Crippen LogP contribution is 2.31. The lowest BCUT2D eigenvalue weighted by Gasteiger charge is -2.47. The lowest BCUT2D eigenvalue weighted by molar-refractivity contribution is -0.140. The van der Waals surface area contributed by atoms with Gasteiger partial charge >= 0.3 is 6.03 Å². The molecule has 2 heterocycles. The molecule has 0 bridgehead atoms. The molecule has 0 aromatic rings. The Morgan fingerprint density at radius 1 is 1.15 bits per heavy atom. The van der Waals surface area contributed by atoms with Crippen LogP contribution in [-0.2, 0) is 4.79 Å². The second kappa shape index (κ2) is 10.4. The summed E-state index contributed by atoms with van der Waals surface area (Å²) in [6.07, 6.45) is 9.75. The Balaban J connectivity index is 0.00000243. The zero-order chi connectivity index (χ0) is 17.6. The number of urea groups is 1. The van der Waals surface area contributed by atoms with Gasteiger partial charge in [0.2, 0.25) is 5.91 Å². The van der Waals surface area contributed by atoms with Crippen LogP contribution in [0.5, 0.6) is 0 Å². The molecule has 0 radical (unpaired) electrons. The van der Waals surface area contributed by atoms with Crippen molar-refractivity contribution >= 4 is 24.3 Å². The topological polar surface area (TPSA) is 78.7 Å². The van der Waals surface area contributed by atoms with E-state index in [0.717, 1.165) is 45.4 Å². The highest BCUT2D eigenvalue weighted by Gasteiger charge is 2.40. The second-order valence-corrected chi connectivity index (χ2v) is 8.02. The smallest absolute Gasteiger partial charge is 0.317 e. The monoisotopic (exact) mass is 386 g/mol. The van der Waals surface area contributed by atoms with Gasteiger partial charge in [-0.15, -0.1) is 12.4 Å². The molecule has 3 fully saturated rings. The maximum atomic E-state index is 12.6. The number of nitrogens with one attached hydrogen (secondary N) is 1. The van der Waals surface area contributed by atoms with E-state index in [1.165, 1.54) is 32.1 Å². The quantitative estimate of drug-likeness (QED) is 0.761. The SMILES string of the molecule is Cl.NCCCN1C(=O)CC[C@H]2CN(C(=O)NCC3CCCCC3)CC[C@H]21. The van der Waals surface area contributed by atoms with Crippen molar-refractivity contribution in [2.45, 2.75) is 63.8 Å². The van der Waals surface area contributed by atoms with Crippen LogP contribution in [-0.4, -0.2) is 60.5 Å². The fourth-order valence-electron chi connectivity index (χ4n) is 4.82. The van der Waals surface area contributed by atoms with Crippen molar-refractivity contribution in [1.82, 2.24) is 15.1 Å². The molecule has 150 valence electrons. The van der Waals surface area contributed by atoms with Crippen LogP contribution in [0.4, 0.5) is 4.79 Å². The molecule has 3 amide bonds. The summed E-state index contributed by atoms with van der Waals surface area (Å²) in [4.78, 5) is 28.8. The Bertz CT molecular complexity index is 470. The largest absolute Gasteiger partial charge is 0.339 e. The number of likely N-dealkylation sites (tertiary alicyclic amines) is 2. The predicted molar refractivity (Wildman–Crippen MR) is 105 cm³/mol. The minimum absolute atomic E-state index is 0. The van der Waals surface area contributed by atoms with Crippen LogP contribution in [0.15, 0.2) is 0 Å². The van der Waals surface area contributed by atoms with Crippen molar-refractivity contribution in [3.05, 3.63) is 0 Å². The number of carbonyl (C=O) groups excluding carboxylic acids is 2. The molecule has 7 heteroatoms. The fourth-order valence-corrected chi connectivity index (χ4v) is 4.82. The zero-order valence-corrected chi connectivity index (χ0v) is 16.6. The molecule has 3 rings (SSSR count). The average Bonchev–Trinajstić information content (AvgIpc) is 2.66. The van der Waals surface area contributed by atoms with Crippen LogP contribution in [0.2, 0.25) is 0 Å². The van der Waals surface area contributed by atoms with Crippen LogP contribution in [0.3, 0.4) is 0 Å². The third-order valence-corrected chi connectivity index (χ3v) is 6.30. The number of nitrogens with two attached hydrogens (primary N) is 1. The molecule has 1 aliphatic carbocycles. The number of nitrogens with zero attached hydrogens (tertiary/aromatic N) is 2. The number of rotatable bonds is 5. The summed E-state index contributed by atoms with van der Waals surface area (Å²) in [6, 6.07) is 0.393. The van der Waals surface area contributed by atoms with Gasteiger partial charge in [0.25, 0.3) is 0 Å². The number of amides is 3. The first-order chi connectivity index (χ1) is 12.2. The molecule has 3 N–H and O–H groups in total. The molecular weight excluding hydrogens is 352 g/mol. The molecule has 0 aromatic carbocycles. The third kappa shape index (κ3) is 5.26. The number of hydrogen-bond donors (Lipinski definition) is 2. The standard InChI is InChI=1S/C19H34N4O2.ClH/c20-10-4-11-23-17-9-12-22(14-16(17)7-8-18(23)24)19(25)21-13-15-5-2-1-3-6-15;/h15-17H,1-14,20H2,(H,21,25);1H/t16-,17+;/m0./s1. The number of hydrogen-bond acceptors (Lipinski definition) is 3. The van der Waals surface area contributed by atoms with Crippen LogP contribution in [0.1, 0.15) is 57.8 Å². The van der Waals surface area contributed by atoms with E-state index < -0.39 is 0 Å². The molecule has 6 nitrogen and oxygen atoms in total. The van der Waals surface area contributed by atoms with E-state index in [4.69, 9.17) is 5.73 Å². The maximum Gasteiger partial charge on any atom is 0.317 e. The molecule has 3 aliphatic rings. The van der Waals surface area contributed by atoms with Gasteiger partial charge in [-0.3, -0.25) is 4.79 Å². The van der Waals surface area contributed by atoms with Gasteiger partial charge in [-0.25, -0.2) is 4.79 Å². The summed E-state index contributed by atoms with van der Waals surface area (Å²) in [6.45, 7) is 3.75. The van der Waals surface area contributed by atoms with E-state index in [1.807, 2.05) is 9.80 Å². The van der Waals surface area contributed by atoms with Crippen molar-refractivity contribution < 1.29 is 9.59 Å². The molecule has 2 atom stereocenters. The van der Waals surface area contributed by atoms with Gasteiger partial charge in [0.15, 0.2) is 0 Å². The lowest BCUT2D eigenvalue weighted by atomic mass is 9.83. The van der Waals surface area contributed by atoms with Crippen LogP contribution < -0.4 is 11.1 Å². The van der Waals surface area contributed by atoms with Gasteiger partial charge in [0, 0.05) is 38.6 Å². The Morgan fingerprint density at radius 3 is 2.65 bits per heavy atom. The van der Waals surface area contributed by atoms with Crippen LogP contribution in [0, 0.1) is 11.8 Å². The molecule has 0 unspecified atom stereocenters. The number of piperidine rings is 2. The third-order valence-electron chi connectivity index (χ3n) is 6.30. The average molecular weight is 387 g/mol. The first-order valence-corrected chi connectivity index (χ1v) is 10.2. The summed E-state index contributed by atoms with van der Waals surface area (Å²) in [7, 11) is 0. The van der Waals surface area contributed by atoms with Gasteiger partial charge in [-0.1, -0.05) is 19.3 Å². The first kappa shape index (κ1) is 21.3. The normalized spacial score (nSPS) is 26.9. The van der Waals surface area contributed by atoms with Crippen molar-refractivity contribution in [2.24, 2.45) is 17.6 Å². The Hall–Kier alpha value is -1.01. The molecule has 26 heavy (non-hydrogen) atoms. The minimum atomic E-state index is 0. The van der Waals surface area contributed by atoms with Gasteiger partial charge in [-0.05, 0) is 50.5 Å². The van der Waals surface area contributed by atoms with Crippen molar-refractivity contribution in [3.63, 3.8) is 0 Å². The summed E-state index contributed by atoms with van der Waals surface area (Å²) < 4.78 is 0. The molecule has 0 aromatic heterocycles. The Kier molecular flexibility index (Phi) is 8.48. The lowest BCUT2D eigenvalue weighted by Crippen LogP contribution is -2.58. The van der Waals surface area contributed by atoms with E-state index >= 15 is 0 Å². The minimum Gasteiger partial charge on any atom is -0.339 e. The zero-order valence-electron chi connectivity index (χ0n) is 15.8. The van der Waals surface area contributed by atoms with Crippen LogP contribution in [0.25, 0.3) is 0 Å². The number of fused-ring (bicyclic) bond motifs is 1. The summed E-state index contributed by atoms with van der Waals surface area (Å²) >= 11 is 0. The number of halogens is 1. The highest BCUT2D eigenvalue weighted by molar-refractivity contribution is 5.85. The predicted octanol–water partition coefficient (Wildman–Crippen LogP) is 2.36. The maximum absolute atomic E-state index is 12.6. The molecule has 2 aliphatic heterocycles. The van der Waals surface area contributed by atoms with Gasteiger partial charge < -0.3 is 20.9 Å².